The van der Waals surface area contributed by atoms with Crippen molar-refractivity contribution >= 4 is 22.5 Å². The van der Waals surface area contributed by atoms with Crippen LogP contribution in [0.3, 0.4) is 0 Å². The molecule has 25 heavy (non-hydrogen) atoms. The van der Waals surface area contributed by atoms with Crippen LogP contribution < -0.4 is 10.1 Å². The molecule has 4 aliphatic rings. The topological polar surface area (TPSA) is 51.2 Å². The molecular weight excluding hydrogens is 312 g/mol. The molecule has 1 N–H and O–H groups in total. The number of pyridine rings is 1. The van der Waals surface area contributed by atoms with E-state index < -0.39 is 0 Å². The van der Waals surface area contributed by atoms with Crippen molar-refractivity contribution in [1.29, 1.82) is 0 Å². The van der Waals surface area contributed by atoms with Gasteiger partial charge in [-0.1, -0.05) is 6.07 Å². The van der Waals surface area contributed by atoms with Crippen molar-refractivity contribution in [2.75, 3.05) is 12.4 Å². The number of hydrogen-bond donors (Lipinski definition) is 1. The van der Waals surface area contributed by atoms with Gasteiger partial charge in [-0.2, -0.15) is 0 Å². The van der Waals surface area contributed by atoms with Gasteiger partial charge in [-0.3, -0.25) is 9.78 Å². The molecule has 4 nitrogen and oxygen atoms in total. The van der Waals surface area contributed by atoms with Crippen LogP contribution in [0.4, 0.5) is 5.69 Å². The Morgan fingerprint density at radius 3 is 2.48 bits per heavy atom. The highest BCUT2D eigenvalue weighted by Gasteiger charge is 2.54. The summed E-state index contributed by atoms with van der Waals surface area (Å²) in [5.74, 6) is 3.24. The number of benzene rings is 1. The summed E-state index contributed by atoms with van der Waals surface area (Å²) < 4.78 is 5.41. The molecule has 1 aromatic carbocycles. The summed E-state index contributed by atoms with van der Waals surface area (Å²) in [4.78, 5) is 17.8. The Bertz CT molecular complexity index is 810. The summed E-state index contributed by atoms with van der Waals surface area (Å²) >= 11 is 0. The maximum absolute atomic E-state index is 13.3. The molecule has 6 rings (SSSR count). The van der Waals surface area contributed by atoms with E-state index in [0.717, 1.165) is 59.4 Å². The molecule has 4 aliphatic carbocycles. The SMILES string of the molecule is COc1cc(NC(=O)C23CC4CC(CC(C4)C2)C3)c2ncccc2c1. The second-order valence-corrected chi connectivity index (χ2v) is 8.40. The van der Waals surface area contributed by atoms with E-state index in [1.807, 2.05) is 24.3 Å². The van der Waals surface area contributed by atoms with Crippen LogP contribution in [0, 0.1) is 23.2 Å². The molecule has 130 valence electrons. The molecule has 0 aliphatic heterocycles. The summed E-state index contributed by atoms with van der Waals surface area (Å²) in [6.45, 7) is 0. The van der Waals surface area contributed by atoms with Crippen LogP contribution in [0.15, 0.2) is 30.5 Å². The molecule has 4 bridgehead atoms. The number of ether oxygens (including phenoxy) is 1. The zero-order valence-electron chi connectivity index (χ0n) is 14.6. The van der Waals surface area contributed by atoms with Crippen LogP contribution in [0.5, 0.6) is 5.75 Å². The third kappa shape index (κ3) is 2.42. The van der Waals surface area contributed by atoms with Crippen molar-refractivity contribution in [2.24, 2.45) is 23.2 Å². The first-order chi connectivity index (χ1) is 12.1. The van der Waals surface area contributed by atoms with E-state index in [-0.39, 0.29) is 11.3 Å². The summed E-state index contributed by atoms with van der Waals surface area (Å²) in [5.41, 5.74) is 1.45. The summed E-state index contributed by atoms with van der Waals surface area (Å²) in [7, 11) is 1.65. The van der Waals surface area contributed by atoms with E-state index in [1.54, 1.807) is 13.3 Å². The highest BCUT2D eigenvalue weighted by atomic mass is 16.5. The molecule has 1 amide bonds. The number of anilines is 1. The van der Waals surface area contributed by atoms with Gasteiger partial charge in [-0.25, -0.2) is 0 Å². The summed E-state index contributed by atoms with van der Waals surface area (Å²) in [6, 6.07) is 7.77. The monoisotopic (exact) mass is 336 g/mol. The molecule has 0 unspecified atom stereocenters. The standard InChI is InChI=1S/C21H24N2O2/c1-25-17-8-16-3-2-4-22-19(16)18(9-17)23-20(24)21-10-13-5-14(11-21)7-15(6-13)12-21/h2-4,8-9,13-15H,5-7,10-12H2,1H3,(H,23,24). The molecule has 4 saturated carbocycles. The first-order valence-electron chi connectivity index (χ1n) is 9.39. The Kier molecular flexibility index (Phi) is 3.31. The lowest BCUT2D eigenvalue weighted by atomic mass is 9.49. The second-order valence-electron chi connectivity index (χ2n) is 8.40. The summed E-state index contributed by atoms with van der Waals surface area (Å²) in [5, 5.41) is 4.22. The maximum atomic E-state index is 13.3. The van der Waals surface area contributed by atoms with Crippen LogP contribution in [0.25, 0.3) is 10.9 Å². The molecule has 1 aromatic heterocycles. The minimum absolute atomic E-state index is 0.154. The van der Waals surface area contributed by atoms with Crippen LogP contribution in [0.2, 0.25) is 0 Å². The molecule has 2 aromatic rings. The van der Waals surface area contributed by atoms with Crippen molar-refractivity contribution in [3.63, 3.8) is 0 Å². The molecule has 0 spiro atoms. The predicted octanol–water partition coefficient (Wildman–Crippen LogP) is 4.40. The Morgan fingerprint density at radius 1 is 1.16 bits per heavy atom. The number of aromatic nitrogens is 1. The molecule has 1 heterocycles. The van der Waals surface area contributed by atoms with Gasteiger partial charge >= 0.3 is 0 Å². The van der Waals surface area contributed by atoms with Crippen LogP contribution in [0.1, 0.15) is 38.5 Å². The number of fused-ring (bicyclic) bond motifs is 1. The number of methoxy groups -OCH3 is 1. The number of rotatable bonds is 3. The van der Waals surface area contributed by atoms with Gasteiger partial charge in [0, 0.05) is 17.6 Å². The quantitative estimate of drug-likeness (QED) is 0.904. The third-order valence-electron chi connectivity index (χ3n) is 6.68. The molecule has 0 atom stereocenters. The lowest BCUT2D eigenvalue weighted by Gasteiger charge is -2.55. The smallest absolute Gasteiger partial charge is 0.230 e. The van der Waals surface area contributed by atoms with Crippen molar-refractivity contribution < 1.29 is 9.53 Å². The second kappa shape index (κ2) is 5.45. The maximum Gasteiger partial charge on any atom is 0.230 e. The van der Waals surface area contributed by atoms with Gasteiger partial charge in [0.15, 0.2) is 0 Å². The van der Waals surface area contributed by atoms with Crippen LogP contribution in [-0.4, -0.2) is 18.0 Å². The Hall–Kier alpha value is -2.10. The Balaban J connectivity index is 1.49. The number of amides is 1. The fraction of sp³-hybridized carbons (Fsp3) is 0.524. The van der Waals surface area contributed by atoms with Crippen molar-refractivity contribution in [1.82, 2.24) is 4.98 Å². The van der Waals surface area contributed by atoms with Crippen LogP contribution in [-0.2, 0) is 4.79 Å². The van der Waals surface area contributed by atoms with Gasteiger partial charge < -0.3 is 10.1 Å². The number of nitrogens with zero attached hydrogens (tertiary/aromatic N) is 1. The molecule has 4 heteroatoms. The number of nitrogens with one attached hydrogen (secondary N) is 1. The average molecular weight is 336 g/mol. The van der Waals surface area contributed by atoms with Crippen LogP contribution >= 0.6 is 0 Å². The van der Waals surface area contributed by atoms with Gasteiger partial charge in [0.25, 0.3) is 0 Å². The number of carbonyl (C=O) groups excluding carboxylic acids is 1. The van der Waals surface area contributed by atoms with Gasteiger partial charge in [-0.15, -0.1) is 0 Å². The van der Waals surface area contributed by atoms with Crippen molar-refractivity contribution in [3.8, 4) is 5.75 Å². The van der Waals surface area contributed by atoms with Gasteiger partial charge in [0.1, 0.15) is 5.75 Å². The lowest BCUT2D eigenvalue weighted by Crippen LogP contribution is -2.51. The van der Waals surface area contributed by atoms with E-state index in [4.69, 9.17) is 4.74 Å². The fourth-order valence-corrected chi connectivity index (χ4v) is 6.02. The first-order valence-corrected chi connectivity index (χ1v) is 9.39. The molecule has 0 radical (unpaired) electrons. The van der Waals surface area contributed by atoms with Gasteiger partial charge in [-0.05, 0) is 68.4 Å². The Labute approximate surface area is 148 Å². The Morgan fingerprint density at radius 2 is 1.84 bits per heavy atom. The zero-order chi connectivity index (χ0) is 17.0. The fourth-order valence-electron chi connectivity index (χ4n) is 6.02. The highest BCUT2D eigenvalue weighted by molar-refractivity contribution is 6.03. The first kappa shape index (κ1) is 15.2. The minimum atomic E-state index is -0.154. The summed E-state index contributed by atoms with van der Waals surface area (Å²) in [6.07, 6.45) is 9.01. The van der Waals surface area contributed by atoms with E-state index in [2.05, 4.69) is 10.3 Å². The number of hydrogen-bond acceptors (Lipinski definition) is 3. The average Bonchev–Trinajstić information content (AvgIpc) is 2.60. The van der Waals surface area contributed by atoms with Gasteiger partial charge in [0.05, 0.1) is 23.7 Å². The van der Waals surface area contributed by atoms with E-state index in [0.29, 0.717) is 0 Å². The molecule has 4 fully saturated rings. The largest absolute Gasteiger partial charge is 0.497 e. The van der Waals surface area contributed by atoms with Crippen molar-refractivity contribution in [2.45, 2.75) is 38.5 Å². The zero-order valence-corrected chi connectivity index (χ0v) is 14.6. The lowest BCUT2D eigenvalue weighted by molar-refractivity contribution is -0.140. The van der Waals surface area contributed by atoms with E-state index in [1.165, 1.54) is 19.3 Å². The predicted molar refractivity (Wildman–Crippen MR) is 97.5 cm³/mol. The minimum Gasteiger partial charge on any atom is -0.497 e. The van der Waals surface area contributed by atoms with E-state index >= 15 is 0 Å². The number of carbonyl (C=O) groups is 1. The van der Waals surface area contributed by atoms with Gasteiger partial charge in [0.2, 0.25) is 5.91 Å². The van der Waals surface area contributed by atoms with Crippen molar-refractivity contribution in [3.05, 3.63) is 30.5 Å². The normalized spacial score (nSPS) is 32.8. The highest BCUT2D eigenvalue weighted by Crippen LogP contribution is 2.60. The third-order valence-corrected chi connectivity index (χ3v) is 6.68. The van der Waals surface area contributed by atoms with E-state index in [9.17, 15) is 4.79 Å². The molecular formula is C21H24N2O2. The molecule has 0 saturated heterocycles.